The lowest BCUT2D eigenvalue weighted by molar-refractivity contribution is 0.125. The van der Waals surface area contributed by atoms with Gasteiger partial charge in [0.15, 0.2) is 5.41 Å². The van der Waals surface area contributed by atoms with Crippen LogP contribution in [0.1, 0.15) is 32.6 Å². The van der Waals surface area contributed by atoms with E-state index in [4.69, 9.17) is 0 Å². The second-order valence-electron chi connectivity index (χ2n) is 5.12. The zero-order chi connectivity index (χ0) is 14.8. The predicted octanol–water partition coefficient (Wildman–Crippen LogP) is 2.27. The van der Waals surface area contributed by atoms with Gasteiger partial charge in [-0.15, -0.1) is 11.8 Å². The molecule has 0 spiro atoms. The first-order valence-electron chi connectivity index (χ1n) is 6.52. The predicted molar refractivity (Wildman–Crippen MR) is 71.1 cm³/mol. The minimum atomic E-state index is -1.24. The molecule has 2 unspecified atom stereocenters. The number of carboxylic acid groups (broad SMARTS) is 1. The molecule has 5 heteroatoms. The molecule has 0 saturated carbocycles. The lowest BCUT2D eigenvalue weighted by Gasteiger charge is -2.34. The van der Waals surface area contributed by atoms with E-state index in [1.165, 1.54) is 4.90 Å². The zero-order valence-electron chi connectivity index (χ0n) is 11.3. The van der Waals surface area contributed by atoms with Crippen molar-refractivity contribution in [2.24, 2.45) is 5.41 Å². The van der Waals surface area contributed by atoms with E-state index < -0.39 is 11.5 Å². The molecule has 1 fully saturated rings. The van der Waals surface area contributed by atoms with Gasteiger partial charge in [0.25, 0.3) is 0 Å². The number of amides is 1. The van der Waals surface area contributed by atoms with Crippen LogP contribution in [0.15, 0.2) is 11.6 Å². The zero-order valence-corrected chi connectivity index (χ0v) is 11.3. The molecule has 0 radical (unpaired) electrons. The van der Waals surface area contributed by atoms with Crippen molar-refractivity contribution in [2.45, 2.75) is 44.7 Å². The van der Waals surface area contributed by atoms with E-state index in [1.807, 2.05) is 0 Å². The fraction of sp³-hybridized carbons (Fsp3) is 0.533. The minimum Gasteiger partial charge on any atom is -0.465 e. The summed E-state index contributed by atoms with van der Waals surface area (Å²) in [4.78, 5) is 12.7. The third kappa shape index (κ3) is 2.10. The number of fused-ring (bicyclic) bond motifs is 2. The van der Waals surface area contributed by atoms with E-state index in [9.17, 15) is 20.4 Å². The molecule has 0 aromatic carbocycles. The Balaban J connectivity index is 2.36. The Morgan fingerprint density at radius 2 is 2.20 bits per heavy atom. The standard InChI is InChI=1S/C15H15N3O2/c1-2-3-6-15(9-16,10-17)11-7-12-4-5-13(8-11)18(12)14(19)20/h7,12-13H,4-6,8H2,1H3,(H,19,20). The van der Waals surface area contributed by atoms with Crippen molar-refractivity contribution in [3.8, 4) is 24.0 Å². The van der Waals surface area contributed by atoms with Crippen molar-refractivity contribution in [1.82, 2.24) is 4.90 Å². The molecule has 2 bridgehead atoms. The highest BCUT2D eigenvalue weighted by atomic mass is 16.4. The Bertz CT molecular complexity index is 583. The molecule has 0 aliphatic carbocycles. The number of nitrogens with zero attached hydrogens (tertiary/aromatic N) is 3. The van der Waals surface area contributed by atoms with Gasteiger partial charge in [0.2, 0.25) is 0 Å². The van der Waals surface area contributed by atoms with Gasteiger partial charge in [0.1, 0.15) is 0 Å². The van der Waals surface area contributed by atoms with Gasteiger partial charge in [-0.25, -0.2) is 4.79 Å². The molecular formula is C15H15N3O2. The summed E-state index contributed by atoms with van der Waals surface area (Å²) in [6.45, 7) is 1.67. The number of rotatable bonds is 2. The topological polar surface area (TPSA) is 88.1 Å². The highest BCUT2D eigenvalue weighted by molar-refractivity contribution is 5.67. The van der Waals surface area contributed by atoms with Gasteiger partial charge >= 0.3 is 6.09 Å². The van der Waals surface area contributed by atoms with Crippen molar-refractivity contribution in [2.75, 3.05) is 0 Å². The van der Waals surface area contributed by atoms with Crippen LogP contribution in [-0.2, 0) is 0 Å². The molecule has 0 aromatic rings. The molecular weight excluding hydrogens is 254 g/mol. The Morgan fingerprint density at radius 1 is 1.50 bits per heavy atom. The summed E-state index contributed by atoms with van der Waals surface area (Å²) in [6, 6.07) is 3.84. The first-order chi connectivity index (χ1) is 9.57. The summed E-state index contributed by atoms with van der Waals surface area (Å²) in [5.74, 6) is 5.52. The van der Waals surface area contributed by atoms with Crippen molar-refractivity contribution < 1.29 is 9.90 Å². The average Bonchev–Trinajstić information content (AvgIpc) is 2.72. The molecule has 2 rings (SSSR count). The third-order valence-corrected chi connectivity index (χ3v) is 4.08. The molecule has 20 heavy (non-hydrogen) atoms. The van der Waals surface area contributed by atoms with Crippen molar-refractivity contribution in [3.63, 3.8) is 0 Å². The van der Waals surface area contributed by atoms with Crippen LogP contribution in [0.5, 0.6) is 0 Å². The van der Waals surface area contributed by atoms with Gasteiger partial charge in [-0.3, -0.25) is 4.90 Å². The number of hydrogen-bond acceptors (Lipinski definition) is 3. The summed E-state index contributed by atoms with van der Waals surface area (Å²) in [5.41, 5.74) is -0.510. The van der Waals surface area contributed by atoms with Crippen LogP contribution >= 0.6 is 0 Å². The van der Waals surface area contributed by atoms with Crippen LogP contribution in [0.25, 0.3) is 0 Å². The lowest BCUT2D eigenvalue weighted by atomic mass is 9.76. The van der Waals surface area contributed by atoms with Crippen molar-refractivity contribution in [1.29, 1.82) is 10.5 Å². The van der Waals surface area contributed by atoms with Crippen molar-refractivity contribution >= 4 is 6.09 Å². The molecule has 2 aliphatic rings. The van der Waals surface area contributed by atoms with E-state index in [0.29, 0.717) is 6.42 Å². The summed E-state index contributed by atoms with van der Waals surface area (Å²) in [5, 5.41) is 28.0. The highest BCUT2D eigenvalue weighted by Crippen LogP contribution is 2.42. The Hall–Kier alpha value is -2.45. The van der Waals surface area contributed by atoms with Crippen LogP contribution in [0.4, 0.5) is 4.79 Å². The first-order valence-corrected chi connectivity index (χ1v) is 6.52. The summed E-state index contributed by atoms with van der Waals surface area (Å²) in [7, 11) is 0. The monoisotopic (exact) mass is 269 g/mol. The Morgan fingerprint density at radius 3 is 2.70 bits per heavy atom. The van der Waals surface area contributed by atoms with Gasteiger partial charge in [0.05, 0.1) is 18.2 Å². The number of carbonyl (C=O) groups is 1. The third-order valence-electron chi connectivity index (χ3n) is 4.08. The normalized spacial score (nSPS) is 23.9. The maximum atomic E-state index is 11.2. The first kappa shape index (κ1) is 14.0. The molecule has 1 saturated heterocycles. The maximum Gasteiger partial charge on any atom is 0.408 e. The molecule has 2 aliphatic heterocycles. The van der Waals surface area contributed by atoms with Crippen LogP contribution in [0.3, 0.4) is 0 Å². The van der Waals surface area contributed by atoms with Crippen LogP contribution in [0, 0.1) is 39.9 Å². The maximum absolute atomic E-state index is 11.2. The second-order valence-corrected chi connectivity index (χ2v) is 5.12. The van der Waals surface area contributed by atoms with Crippen LogP contribution in [-0.4, -0.2) is 28.2 Å². The quantitative estimate of drug-likeness (QED) is 0.615. The summed E-state index contributed by atoms with van der Waals surface area (Å²) < 4.78 is 0. The van der Waals surface area contributed by atoms with E-state index in [2.05, 4.69) is 24.0 Å². The lowest BCUT2D eigenvalue weighted by Crippen LogP contribution is -2.44. The Labute approximate surface area is 118 Å². The molecule has 0 aromatic heterocycles. The van der Waals surface area contributed by atoms with Crippen LogP contribution < -0.4 is 0 Å². The van der Waals surface area contributed by atoms with Crippen molar-refractivity contribution in [3.05, 3.63) is 11.6 Å². The largest absolute Gasteiger partial charge is 0.465 e. The van der Waals surface area contributed by atoms with Gasteiger partial charge in [-0.05, 0) is 31.8 Å². The number of hydrogen-bond donors (Lipinski definition) is 1. The van der Waals surface area contributed by atoms with Gasteiger partial charge in [-0.2, -0.15) is 10.5 Å². The van der Waals surface area contributed by atoms with Gasteiger partial charge in [0, 0.05) is 12.5 Å². The highest BCUT2D eigenvalue weighted by Gasteiger charge is 2.45. The molecule has 1 amide bonds. The average molecular weight is 269 g/mol. The SMILES string of the molecule is CC#CCC(C#N)(C#N)C1=CC2CCC(C1)N2C(=O)O. The second kappa shape index (κ2) is 5.27. The Kier molecular flexibility index (Phi) is 3.68. The molecule has 102 valence electrons. The van der Waals surface area contributed by atoms with E-state index in [1.54, 1.807) is 13.0 Å². The summed E-state index contributed by atoms with van der Waals surface area (Å²) >= 11 is 0. The minimum absolute atomic E-state index is 0.117. The molecule has 2 heterocycles. The van der Waals surface area contributed by atoms with E-state index in [-0.39, 0.29) is 18.5 Å². The fourth-order valence-corrected chi connectivity index (χ4v) is 3.03. The molecule has 2 atom stereocenters. The smallest absolute Gasteiger partial charge is 0.408 e. The fourth-order valence-electron chi connectivity index (χ4n) is 3.03. The number of nitriles is 2. The van der Waals surface area contributed by atoms with E-state index in [0.717, 1.165) is 18.4 Å². The van der Waals surface area contributed by atoms with Crippen LogP contribution in [0.2, 0.25) is 0 Å². The molecule has 1 N–H and O–H groups in total. The molecule has 5 nitrogen and oxygen atoms in total. The van der Waals surface area contributed by atoms with Gasteiger partial charge in [-0.1, -0.05) is 6.08 Å². The van der Waals surface area contributed by atoms with E-state index >= 15 is 0 Å². The van der Waals surface area contributed by atoms with Gasteiger partial charge < -0.3 is 5.11 Å². The summed E-state index contributed by atoms with van der Waals surface area (Å²) in [6.07, 6.45) is 3.03.